The lowest BCUT2D eigenvalue weighted by Gasteiger charge is -2.09. The van der Waals surface area contributed by atoms with Gasteiger partial charge in [0, 0.05) is 18.2 Å². The molecule has 0 radical (unpaired) electrons. The fraction of sp³-hybridized carbons (Fsp3) is 0.500. The van der Waals surface area contributed by atoms with Crippen molar-refractivity contribution in [3.8, 4) is 0 Å². The van der Waals surface area contributed by atoms with E-state index in [4.69, 9.17) is 0 Å². The summed E-state index contributed by atoms with van der Waals surface area (Å²) in [6.07, 6.45) is 4.57. The monoisotopic (exact) mass is 135 g/mol. The van der Waals surface area contributed by atoms with Gasteiger partial charge in [-0.15, -0.1) is 0 Å². The summed E-state index contributed by atoms with van der Waals surface area (Å²) < 4.78 is 0. The molecule has 0 saturated carbocycles. The quantitative estimate of drug-likeness (QED) is 0.489. The molecule has 2 nitrogen and oxygen atoms in total. The van der Waals surface area contributed by atoms with Crippen LogP contribution in [0.2, 0.25) is 0 Å². The number of allylic oxidation sites excluding steroid dienone is 1. The molecule has 52 valence electrons. The van der Waals surface area contributed by atoms with Gasteiger partial charge < -0.3 is 0 Å². The number of carbonyl (C=O) groups excluding carboxylic acids is 1. The maximum absolute atomic E-state index is 11.1. The molecular weight excluding hydrogens is 126 g/mol. The van der Waals surface area contributed by atoms with E-state index in [1.807, 2.05) is 0 Å². The fourth-order valence-electron chi connectivity index (χ4n) is 1.50. The third kappa shape index (κ3) is 0.719. The van der Waals surface area contributed by atoms with Crippen LogP contribution in [0.25, 0.3) is 0 Å². The van der Waals surface area contributed by atoms with Gasteiger partial charge in [-0.1, -0.05) is 0 Å². The third-order valence-electron chi connectivity index (χ3n) is 2.07. The van der Waals surface area contributed by atoms with E-state index in [-0.39, 0.29) is 0 Å². The second-order valence-electron chi connectivity index (χ2n) is 2.76. The van der Waals surface area contributed by atoms with Gasteiger partial charge in [-0.3, -0.25) is 9.79 Å². The number of Topliss-reactive ketones (excluding diaryl/α,β-unsaturated/α-hetero) is 1. The van der Waals surface area contributed by atoms with E-state index in [9.17, 15) is 4.79 Å². The molecule has 1 aliphatic heterocycles. The standard InChI is InChI=1S/C8H9NO/c10-8-3-1-2-6-4-9-5-7(6)8/h5H,1-4H2. The Kier molecular flexibility index (Phi) is 1.19. The second-order valence-corrected chi connectivity index (χ2v) is 2.76. The van der Waals surface area contributed by atoms with Crippen LogP contribution in [0.1, 0.15) is 19.3 Å². The largest absolute Gasteiger partial charge is 0.294 e. The molecule has 0 N–H and O–H groups in total. The number of nitrogens with zero attached hydrogens (tertiary/aromatic N) is 1. The molecule has 0 saturated heterocycles. The van der Waals surface area contributed by atoms with Crippen LogP contribution >= 0.6 is 0 Å². The van der Waals surface area contributed by atoms with Gasteiger partial charge in [-0.05, 0) is 18.4 Å². The highest BCUT2D eigenvalue weighted by Gasteiger charge is 2.20. The zero-order chi connectivity index (χ0) is 6.97. The van der Waals surface area contributed by atoms with Crippen LogP contribution in [-0.2, 0) is 4.79 Å². The molecule has 2 aliphatic rings. The van der Waals surface area contributed by atoms with Crippen molar-refractivity contribution in [3.05, 3.63) is 11.1 Å². The lowest BCUT2D eigenvalue weighted by molar-refractivity contribution is -0.115. The highest BCUT2D eigenvalue weighted by atomic mass is 16.1. The molecule has 0 amide bonds. The normalized spacial score (nSPS) is 23.8. The summed E-state index contributed by atoms with van der Waals surface area (Å²) in [6.45, 7) is 0.779. The van der Waals surface area contributed by atoms with E-state index < -0.39 is 0 Å². The minimum atomic E-state index is 0.294. The number of aliphatic imine (C=N–C) groups is 1. The van der Waals surface area contributed by atoms with Crippen LogP contribution in [0, 0.1) is 0 Å². The molecule has 0 aromatic rings. The van der Waals surface area contributed by atoms with Gasteiger partial charge in [0.1, 0.15) is 0 Å². The number of carbonyl (C=O) groups is 1. The van der Waals surface area contributed by atoms with Gasteiger partial charge in [-0.25, -0.2) is 0 Å². The summed E-state index contributed by atoms with van der Waals surface area (Å²) in [7, 11) is 0. The molecule has 0 spiro atoms. The molecule has 0 fully saturated rings. The van der Waals surface area contributed by atoms with Crippen LogP contribution in [0.3, 0.4) is 0 Å². The molecule has 0 bridgehead atoms. The van der Waals surface area contributed by atoms with Crippen molar-refractivity contribution in [2.24, 2.45) is 4.99 Å². The van der Waals surface area contributed by atoms with E-state index in [1.165, 1.54) is 5.57 Å². The topological polar surface area (TPSA) is 29.4 Å². The van der Waals surface area contributed by atoms with Crippen molar-refractivity contribution < 1.29 is 4.79 Å². The van der Waals surface area contributed by atoms with Gasteiger partial charge in [-0.2, -0.15) is 0 Å². The first-order valence-electron chi connectivity index (χ1n) is 3.63. The van der Waals surface area contributed by atoms with Crippen molar-refractivity contribution in [2.75, 3.05) is 6.54 Å². The maximum Gasteiger partial charge on any atom is 0.164 e. The molecule has 2 rings (SSSR count). The van der Waals surface area contributed by atoms with Gasteiger partial charge >= 0.3 is 0 Å². The van der Waals surface area contributed by atoms with E-state index in [1.54, 1.807) is 6.21 Å². The summed E-state index contributed by atoms with van der Waals surface area (Å²) in [4.78, 5) is 15.2. The van der Waals surface area contributed by atoms with Gasteiger partial charge in [0.25, 0.3) is 0 Å². The number of rotatable bonds is 0. The van der Waals surface area contributed by atoms with Crippen LogP contribution < -0.4 is 0 Å². The van der Waals surface area contributed by atoms with E-state index in [2.05, 4.69) is 4.99 Å². The fourth-order valence-corrected chi connectivity index (χ4v) is 1.50. The molecule has 10 heavy (non-hydrogen) atoms. The average molecular weight is 135 g/mol. The Bertz CT molecular complexity index is 238. The Labute approximate surface area is 59.6 Å². The first-order valence-corrected chi connectivity index (χ1v) is 3.63. The Morgan fingerprint density at radius 3 is 3.10 bits per heavy atom. The van der Waals surface area contributed by atoms with E-state index >= 15 is 0 Å². The Morgan fingerprint density at radius 1 is 1.40 bits per heavy atom. The first kappa shape index (κ1) is 5.83. The van der Waals surface area contributed by atoms with E-state index in [0.717, 1.165) is 31.4 Å². The summed E-state index contributed by atoms with van der Waals surface area (Å²) in [6, 6.07) is 0. The Morgan fingerprint density at radius 2 is 2.30 bits per heavy atom. The van der Waals surface area contributed by atoms with Crippen LogP contribution in [0.15, 0.2) is 16.1 Å². The van der Waals surface area contributed by atoms with Gasteiger partial charge in [0.2, 0.25) is 0 Å². The van der Waals surface area contributed by atoms with Crippen molar-refractivity contribution >= 4 is 12.0 Å². The lowest BCUT2D eigenvalue weighted by Crippen LogP contribution is -2.10. The Hall–Kier alpha value is -0.920. The van der Waals surface area contributed by atoms with Crippen molar-refractivity contribution in [2.45, 2.75) is 19.3 Å². The molecule has 0 unspecified atom stereocenters. The highest BCUT2D eigenvalue weighted by Crippen LogP contribution is 2.23. The summed E-state index contributed by atoms with van der Waals surface area (Å²) >= 11 is 0. The predicted octanol–water partition coefficient (Wildman–Crippen LogP) is 1.12. The number of hydrogen-bond acceptors (Lipinski definition) is 2. The molecule has 0 atom stereocenters. The Balaban J connectivity index is 2.37. The molecule has 2 heteroatoms. The zero-order valence-electron chi connectivity index (χ0n) is 5.76. The third-order valence-corrected chi connectivity index (χ3v) is 2.07. The predicted molar refractivity (Wildman–Crippen MR) is 39.2 cm³/mol. The van der Waals surface area contributed by atoms with Gasteiger partial charge in [0.05, 0.1) is 6.54 Å². The minimum absolute atomic E-state index is 0.294. The molecule has 0 aromatic heterocycles. The molecular formula is C8H9NO. The number of ketones is 1. The summed E-state index contributed by atoms with van der Waals surface area (Å²) in [5.41, 5.74) is 2.17. The SMILES string of the molecule is O=C1CCCC2=C1C=NC2. The molecule has 1 heterocycles. The minimum Gasteiger partial charge on any atom is -0.294 e. The zero-order valence-corrected chi connectivity index (χ0v) is 5.76. The summed E-state index contributed by atoms with van der Waals surface area (Å²) in [5.74, 6) is 0.294. The summed E-state index contributed by atoms with van der Waals surface area (Å²) in [5, 5.41) is 0. The van der Waals surface area contributed by atoms with Gasteiger partial charge in [0.15, 0.2) is 5.78 Å². The van der Waals surface area contributed by atoms with Crippen molar-refractivity contribution in [1.82, 2.24) is 0 Å². The van der Waals surface area contributed by atoms with Crippen LogP contribution in [-0.4, -0.2) is 18.5 Å². The highest BCUT2D eigenvalue weighted by molar-refractivity contribution is 6.15. The van der Waals surface area contributed by atoms with Crippen LogP contribution in [0.4, 0.5) is 0 Å². The van der Waals surface area contributed by atoms with E-state index in [0.29, 0.717) is 5.78 Å². The average Bonchev–Trinajstić information content (AvgIpc) is 2.36. The lowest BCUT2D eigenvalue weighted by atomic mass is 9.93. The van der Waals surface area contributed by atoms with Crippen molar-refractivity contribution in [3.63, 3.8) is 0 Å². The molecule has 1 aliphatic carbocycles. The molecule has 0 aromatic carbocycles. The number of hydrogen-bond donors (Lipinski definition) is 0. The second kappa shape index (κ2) is 2.04. The first-order chi connectivity index (χ1) is 4.88. The van der Waals surface area contributed by atoms with Crippen molar-refractivity contribution in [1.29, 1.82) is 0 Å². The van der Waals surface area contributed by atoms with Crippen LogP contribution in [0.5, 0.6) is 0 Å². The smallest absolute Gasteiger partial charge is 0.164 e. The maximum atomic E-state index is 11.1.